The van der Waals surface area contributed by atoms with Crippen molar-refractivity contribution in [3.8, 4) is 0 Å². The summed E-state index contributed by atoms with van der Waals surface area (Å²) in [6.45, 7) is 4.07. The molecule has 1 atom stereocenters. The van der Waals surface area contributed by atoms with Gasteiger partial charge in [-0.1, -0.05) is 30.4 Å². The molecule has 1 aliphatic heterocycles. The Morgan fingerprint density at radius 1 is 1.35 bits per heavy atom. The molecule has 20 heavy (non-hydrogen) atoms. The number of amides is 1. The highest BCUT2D eigenvalue weighted by Gasteiger charge is 2.26. The fourth-order valence-corrected chi connectivity index (χ4v) is 3.59. The lowest BCUT2D eigenvalue weighted by atomic mass is 10.1. The third-order valence-electron chi connectivity index (χ3n) is 3.12. The van der Waals surface area contributed by atoms with Gasteiger partial charge in [0.1, 0.15) is 0 Å². The van der Waals surface area contributed by atoms with Crippen LogP contribution in [0.5, 0.6) is 0 Å². The number of rotatable bonds is 5. The number of sulfone groups is 1. The molecule has 0 fully saturated rings. The zero-order chi connectivity index (χ0) is 14.6. The Hall–Kier alpha value is -1.88. The van der Waals surface area contributed by atoms with Crippen molar-refractivity contribution in [2.24, 2.45) is 5.92 Å². The summed E-state index contributed by atoms with van der Waals surface area (Å²) in [7, 11) is -3.12. The Morgan fingerprint density at radius 3 is 2.60 bits per heavy atom. The van der Waals surface area contributed by atoms with Crippen LogP contribution in [0.15, 0.2) is 54.5 Å². The molecule has 0 aliphatic carbocycles. The molecule has 1 amide bonds. The van der Waals surface area contributed by atoms with E-state index in [0.29, 0.717) is 6.54 Å². The number of anilines is 1. The highest BCUT2D eigenvalue weighted by molar-refractivity contribution is 7.94. The van der Waals surface area contributed by atoms with Gasteiger partial charge in [-0.25, -0.2) is 8.42 Å². The summed E-state index contributed by atoms with van der Waals surface area (Å²) < 4.78 is 22.7. The van der Waals surface area contributed by atoms with Crippen LogP contribution >= 0.6 is 0 Å². The van der Waals surface area contributed by atoms with Crippen LogP contribution in [0.1, 0.15) is 6.42 Å². The highest BCUT2D eigenvalue weighted by Crippen LogP contribution is 2.21. The molecule has 1 aromatic rings. The van der Waals surface area contributed by atoms with E-state index in [2.05, 4.69) is 6.58 Å². The summed E-state index contributed by atoms with van der Waals surface area (Å²) in [5.74, 6) is -0.304. The van der Waals surface area contributed by atoms with Crippen LogP contribution in [-0.2, 0) is 14.6 Å². The summed E-state index contributed by atoms with van der Waals surface area (Å²) in [5, 5.41) is 1.20. The van der Waals surface area contributed by atoms with Gasteiger partial charge in [-0.15, -0.1) is 6.58 Å². The minimum absolute atomic E-state index is 0.0233. The van der Waals surface area contributed by atoms with Crippen LogP contribution < -0.4 is 4.90 Å². The van der Waals surface area contributed by atoms with Gasteiger partial charge < -0.3 is 4.90 Å². The monoisotopic (exact) mass is 291 g/mol. The van der Waals surface area contributed by atoms with Crippen LogP contribution in [0, 0.1) is 5.92 Å². The van der Waals surface area contributed by atoms with Gasteiger partial charge in [0.25, 0.3) is 0 Å². The largest absolute Gasteiger partial charge is 0.309 e. The normalized spacial score (nSPS) is 19.7. The lowest BCUT2D eigenvalue weighted by Crippen LogP contribution is -2.32. The smallest absolute Gasteiger partial charge is 0.227 e. The zero-order valence-corrected chi connectivity index (χ0v) is 11.9. The Bertz CT molecular complexity index is 620. The lowest BCUT2D eigenvalue weighted by molar-refractivity contribution is -0.119. The molecule has 1 aliphatic rings. The van der Waals surface area contributed by atoms with Crippen LogP contribution in [0.3, 0.4) is 0 Å². The molecule has 2 rings (SSSR count). The summed E-state index contributed by atoms with van der Waals surface area (Å²) in [6.07, 6.45) is 3.45. The maximum absolute atomic E-state index is 12.4. The van der Waals surface area contributed by atoms with E-state index in [9.17, 15) is 13.2 Å². The standard InChI is InChI=1S/C15H17NO3S/c1-2-9-16(14-6-4-3-5-7-14)15(17)11-13-8-10-20(18,19)12-13/h2-8,10,13H,1,9,11-12H2. The Balaban J connectivity index is 2.09. The van der Waals surface area contributed by atoms with Crippen molar-refractivity contribution >= 4 is 21.4 Å². The maximum Gasteiger partial charge on any atom is 0.227 e. The maximum atomic E-state index is 12.4. The zero-order valence-electron chi connectivity index (χ0n) is 11.1. The fourth-order valence-electron chi connectivity index (χ4n) is 2.19. The van der Waals surface area contributed by atoms with Crippen LogP contribution in [-0.4, -0.2) is 26.6 Å². The number of benzene rings is 1. The van der Waals surface area contributed by atoms with E-state index >= 15 is 0 Å². The molecule has 0 radical (unpaired) electrons. The molecule has 0 saturated carbocycles. The third kappa shape index (κ3) is 3.57. The van der Waals surface area contributed by atoms with Crippen molar-refractivity contribution in [1.29, 1.82) is 0 Å². The van der Waals surface area contributed by atoms with E-state index in [1.165, 1.54) is 5.41 Å². The molecule has 0 aromatic heterocycles. The third-order valence-corrected chi connectivity index (χ3v) is 4.59. The van der Waals surface area contributed by atoms with Crippen molar-refractivity contribution in [3.63, 3.8) is 0 Å². The first kappa shape index (κ1) is 14.5. The predicted octanol–water partition coefficient (Wildman–Crippen LogP) is 2.15. The summed E-state index contributed by atoms with van der Waals surface area (Å²) in [5.41, 5.74) is 0.794. The van der Waals surface area contributed by atoms with Crippen molar-refractivity contribution in [2.45, 2.75) is 6.42 Å². The molecule has 1 heterocycles. The molecular formula is C15H17NO3S. The number of carbonyl (C=O) groups is 1. The quantitative estimate of drug-likeness (QED) is 0.781. The number of para-hydroxylation sites is 1. The molecule has 106 valence electrons. The van der Waals surface area contributed by atoms with E-state index in [-0.39, 0.29) is 24.0 Å². The molecule has 0 saturated heterocycles. The molecule has 1 unspecified atom stereocenters. The van der Waals surface area contributed by atoms with Gasteiger partial charge in [-0.2, -0.15) is 0 Å². The Morgan fingerprint density at radius 2 is 2.05 bits per heavy atom. The van der Waals surface area contributed by atoms with E-state index in [1.54, 1.807) is 17.1 Å². The van der Waals surface area contributed by atoms with E-state index in [1.807, 2.05) is 30.3 Å². The number of nitrogens with zero attached hydrogens (tertiary/aromatic N) is 1. The highest BCUT2D eigenvalue weighted by atomic mass is 32.2. The average Bonchev–Trinajstić information content (AvgIpc) is 2.76. The van der Waals surface area contributed by atoms with Crippen molar-refractivity contribution in [1.82, 2.24) is 0 Å². The second-order valence-electron chi connectivity index (χ2n) is 4.75. The number of carbonyl (C=O) groups excluding carboxylic acids is 1. The van der Waals surface area contributed by atoms with Gasteiger partial charge >= 0.3 is 0 Å². The SMILES string of the molecule is C=CCN(C(=O)CC1C=CS(=O)(=O)C1)c1ccccc1. The van der Waals surface area contributed by atoms with Gasteiger partial charge in [0.05, 0.1) is 5.75 Å². The minimum atomic E-state index is -3.12. The fraction of sp³-hybridized carbons (Fsp3) is 0.267. The van der Waals surface area contributed by atoms with E-state index < -0.39 is 9.84 Å². The van der Waals surface area contributed by atoms with Gasteiger partial charge in [0.15, 0.2) is 9.84 Å². The molecule has 4 nitrogen and oxygen atoms in total. The van der Waals surface area contributed by atoms with E-state index in [4.69, 9.17) is 0 Å². The number of hydrogen-bond acceptors (Lipinski definition) is 3. The van der Waals surface area contributed by atoms with Crippen molar-refractivity contribution in [2.75, 3.05) is 17.2 Å². The minimum Gasteiger partial charge on any atom is -0.309 e. The van der Waals surface area contributed by atoms with Gasteiger partial charge in [-0.3, -0.25) is 4.79 Å². The molecule has 0 spiro atoms. The lowest BCUT2D eigenvalue weighted by Gasteiger charge is -2.22. The first-order valence-electron chi connectivity index (χ1n) is 6.39. The van der Waals surface area contributed by atoms with Gasteiger partial charge in [0, 0.05) is 30.0 Å². The Labute approximate surface area is 119 Å². The first-order chi connectivity index (χ1) is 9.52. The summed E-state index contributed by atoms with van der Waals surface area (Å²) in [6, 6.07) is 9.30. The molecule has 0 bridgehead atoms. The number of hydrogen-bond donors (Lipinski definition) is 0. The summed E-state index contributed by atoms with van der Waals surface area (Å²) in [4.78, 5) is 14.0. The second-order valence-corrected chi connectivity index (χ2v) is 6.68. The van der Waals surface area contributed by atoms with Gasteiger partial charge in [0.2, 0.25) is 5.91 Å². The Kier molecular flexibility index (Phi) is 4.39. The van der Waals surface area contributed by atoms with Crippen LogP contribution in [0.2, 0.25) is 0 Å². The molecule has 0 N–H and O–H groups in total. The molecule has 1 aromatic carbocycles. The summed E-state index contributed by atoms with van der Waals surface area (Å²) >= 11 is 0. The van der Waals surface area contributed by atoms with Crippen LogP contribution in [0.25, 0.3) is 0 Å². The molecule has 5 heteroatoms. The van der Waals surface area contributed by atoms with Crippen molar-refractivity contribution in [3.05, 3.63) is 54.5 Å². The predicted molar refractivity (Wildman–Crippen MR) is 80.0 cm³/mol. The first-order valence-corrected chi connectivity index (χ1v) is 8.10. The number of allylic oxidation sites excluding steroid dienone is 1. The van der Waals surface area contributed by atoms with Crippen LogP contribution in [0.4, 0.5) is 5.69 Å². The molecular weight excluding hydrogens is 274 g/mol. The average molecular weight is 291 g/mol. The second kappa shape index (κ2) is 6.05. The topological polar surface area (TPSA) is 54.5 Å². The van der Waals surface area contributed by atoms with E-state index in [0.717, 1.165) is 5.69 Å². The van der Waals surface area contributed by atoms with Crippen molar-refractivity contribution < 1.29 is 13.2 Å². The van der Waals surface area contributed by atoms with Gasteiger partial charge in [-0.05, 0) is 12.1 Å².